The summed E-state index contributed by atoms with van der Waals surface area (Å²) in [6, 6.07) is 8.19. The van der Waals surface area contributed by atoms with Gasteiger partial charge in [0.2, 0.25) is 0 Å². The number of hydrogen-bond donors (Lipinski definition) is 6. The molecule has 6 N–H and O–H groups in total. The summed E-state index contributed by atoms with van der Waals surface area (Å²) >= 11 is 0. The SMILES string of the molecule is COC1/C=C/OC2(C)Oc3c(C)c(O)c4c(O)c(c(/C=N\N5C(C)CN(Cc6ccc(C)cc6)CC5C)c(O)c4c3C2=O)NC(=O)/C(C)=C/C=C/C(C)C(O)C(C)C(O)C(C)C(OC(C)=O)C1C. The number of aliphatic hydroxyl groups is 2. The number of ketones is 1. The van der Waals surface area contributed by atoms with E-state index in [2.05, 4.69) is 34.5 Å². The van der Waals surface area contributed by atoms with Crippen LogP contribution in [0, 0.1) is 37.5 Å². The van der Waals surface area contributed by atoms with Crippen molar-refractivity contribution in [1.82, 2.24) is 9.91 Å². The van der Waals surface area contributed by atoms with E-state index in [1.54, 1.807) is 39.8 Å². The number of piperazine rings is 1. The maximum atomic E-state index is 14.7. The largest absolute Gasteiger partial charge is 0.507 e. The summed E-state index contributed by atoms with van der Waals surface area (Å²) < 4.78 is 23.8. The van der Waals surface area contributed by atoms with E-state index in [1.807, 2.05) is 25.8 Å². The highest BCUT2D eigenvalue weighted by molar-refractivity contribution is 6.23. The molecule has 0 aliphatic carbocycles. The third-order valence-corrected chi connectivity index (χ3v) is 13.8. The number of ether oxygens (including phenoxy) is 4. The number of amides is 1. The number of carbonyl (C=O) groups excluding carboxylic acids is 3. The van der Waals surface area contributed by atoms with E-state index in [9.17, 15) is 39.9 Å². The van der Waals surface area contributed by atoms with Crippen molar-refractivity contribution in [3.63, 3.8) is 0 Å². The van der Waals surface area contributed by atoms with E-state index >= 15 is 0 Å². The van der Waals surface area contributed by atoms with Crippen LogP contribution in [0.2, 0.25) is 0 Å². The van der Waals surface area contributed by atoms with E-state index in [-0.39, 0.29) is 56.6 Å². The number of nitrogens with one attached hydrogen (secondary N) is 1. The molecule has 16 nitrogen and oxygen atoms in total. The molecule has 3 aromatic carbocycles. The number of aromatic hydroxyl groups is 3. The number of benzene rings is 3. The van der Waals surface area contributed by atoms with Crippen molar-refractivity contribution in [2.45, 2.75) is 125 Å². The zero-order chi connectivity index (χ0) is 50.1. The maximum absolute atomic E-state index is 14.7. The first-order valence-corrected chi connectivity index (χ1v) is 23.2. The number of aryl methyl sites for hydroxylation is 1. The number of rotatable bonds is 6. The highest BCUT2D eigenvalue weighted by atomic mass is 16.7. The van der Waals surface area contributed by atoms with Crippen LogP contribution < -0.4 is 10.1 Å². The van der Waals surface area contributed by atoms with E-state index in [4.69, 9.17) is 24.0 Å². The van der Waals surface area contributed by atoms with Gasteiger partial charge in [0.25, 0.3) is 11.7 Å². The van der Waals surface area contributed by atoms with Crippen LogP contribution >= 0.6 is 0 Å². The summed E-state index contributed by atoms with van der Waals surface area (Å²) in [6.07, 6.45) is 4.89. The molecule has 368 valence electrons. The first kappa shape index (κ1) is 51.5. The van der Waals surface area contributed by atoms with E-state index in [1.165, 1.54) is 70.6 Å². The number of allylic oxidation sites excluding steroid dienone is 2. The van der Waals surface area contributed by atoms with E-state index in [0.717, 1.165) is 6.54 Å². The number of phenolic OH excluding ortho intramolecular Hbond substituents is 3. The smallest absolute Gasteiger partial charge is 0.312 e. The first-order valence-electron chi connectivity index (χ1n) is 23.2. The lowest BCUT2D eigenvalue weighted by atomic mass is 9.78. The second-order valence-electron chi connectivity index (χ2n) is 19.1. The van der Waals surface area contributed by atoms with Gasteiger partial charge in [-0.05, 0) is 46.3 Å². The quantitative estimate of drug-likeness (QED) is 0.0635. The Kier molecular flexibility index (Phi) is 15.7. The number of phenols is 3. The molecule has 1 amide bonds. The molecule has 0 radical (unpaired) electrons. The van der Waals surface area contributed by atoms with Crippen LogP contribution in [0.5, 0.6) is 23.0 Å². The molecule has 0 aromatic heterocycles. The van der Waals surface area contributed by atoms with Crippen molar-refractivity contribution >= 4 is 40.3 Å². The minimum atomic E-state index is -2.07. The maximum Gasteiger partial charge on any atom is 0.312 e. The zero-order valence-corrected chi connectivity index (χ0v) is 41.1. The Morgan fingerprint density at radius 3 is 2.16 bits per heavy atom. The number of Topliss-reactive ketones (excluding diaryl/α,β-unsaturated/α-hetero) is 1. The van der Waals surface area contributed by atoms with Crippen LogP contribution in [-0.4, -0.2) is 122 Å². The Hall–Kier alpha value is -5.94. The summed E-state index contributed by atoms with van der Waals surface area (Å²) in [4.78, 5) is 43.4. The molecule has 16 heteroatoms. The molecular weight excluding hydrogens is 873 g/mol. The average Bonchev–Trinajstić information content (AvgIpc) is 3.55. The summed E-state index contributed by atoms with van der Waals surface area (Å²) in [7, 11) is 1.44. The number of hydrazone groups is 1. The van der Waals surface area contributed by atoms with Gasteiger partial charge in [-0.25, -0.2) is 0 Å². The molecule has 3 aromatic rings. The monoisotopic (exact) mass is 940 g/mol. The number of methoxy groups -OCH3 is 1. The summed E-state index contributed by atoms with van der Waals surface area (Å²) in [5, 5.41) is 68.2. The summed E-state index contributed by atoms with van der Waals surface area (Å²) in [6.45, 7) is 20.7. The van der Waals surface area contributed by atoms with Gasteiger partial charge in [0.15, 0.2) is 5.75 Å². The molecule has 7 rings (SSSR count). The number of fused-ring (bicyclic) bond motifs is 14. The van der Waals surface area contributed by atoms with E-state index in [0.29, 0.717) is 13.1 Å². The number of hydrogen-bond acceptors (Lipinski definition) is 15. The van der Waals surface area contributed by atoms with Crippen molar-refractivity contribution in [2.24, 2.45) is 28.8 Å². The summed E-state index contributed by atoms with van der Waals surface area (Å²) in [5.41, 5.74) is 1.97. The molecule has 4 heterocycles. The Balaban J connectivity index is 1.48. The van der Waals surface area contributed by atoms with Gasteiger partial charge in [-0.2, -0.15) is 5.10 Å². The van der Waals surface area contributed by atoms with Gasteiger partial charge in [-0.3, -0.25) is 24.3 Å². The predicted octanol–water partition coefficient (Wildman–Crippen LogP) is 6.99. The van der Waals surface area contributed by atoms with Crippen molar-refractivity contribution in [3.8, 4) is 23.0 Å². The minimum absolute atomic E-state index is 0.0501. The van der Waals surface area contributed by atoms with Gasteiger partial charge in [-0.1, -0.05) is 75.8 Å². The zero-order valence-electron chi connectivity index (χ0n) is 41.1. The fourth-order valence-electron chi connectivity index (χ4n) is 9.73. The predicted molar refractivity (Wildman–Crippen MR) is 259 cm³/mol. The number of anilines is 1. The Morgan fingerprint density at radius 1 is 0.897 bits per heavy atom. The van der Waals surface area contributed by atoms with Crippen LogP contribution in [-0.2, 0) is 30.3 Å². The molecule has 5 bridgehead atoms. The average molecular weight is 941 g/mol. The van der Waals surface area contributed by atoms with Crippen LogP contribution in [0.25, 0.3) is 10.8 Å². The second kappa shape index (κ2) is 20.7. The standard InChI is InChI=1S/C52H68N4O12/c1-26-16-18-36(19-17-26)25-55-23-29(4)56(30(5)24-55)53-22-37-42-47(62)40-39(46(37)61)41-49(34(9)45(40)60)68-52(11,50(41)63)66-21-20-38(65-12)31(6)48(67-35(10)57)33(8)44(59)32(7)43(58)27(2)14-13-15-28(3)51(64)54-42/h13-22,27,29-33,38,43-44,48,58-62H,23-25H2,1-12H3,(H,54,64)/b14-13+,21-20+,28-15+,53-22-. The Labute approximate surface area is 398 Å². The summed E-state index contributed by atoms with van der Waals surface area (Å²) in [5.74, 6) is -8.46. The Bertz CT molecular complexity index is 2510. The highest BCUT2D eigenvalue weighted by Crippen LogP contribution is 2.55. The topological polar surface area (TPSA) is 220 Å². The van der Waals surface area contributed by atoms with Crippen LogP contribution in [0.15, 0.2) is 65.5 Å². The number of aliphatic hydroxyl groups excluding tert-OH is 2. The van der Waals surface area contributed by atoms with Gasteiger partial charge in [0.1, 0.15) is 23.4 Å². The molecule has 11 atom stereocenters. The van der Waals surface area contributed by atoms with Crippen LogP contribution in [0.3, 0.4) is 0 Å². The van der Waals surface area contributed by atoms with E-state index < -0.39 is 88.8 Å². The van der Waals surface area contributed by atoms with Gasteiger partial charge in [0.05, 0.1) is 65.1 Å². The highest BCUT2D eigenvalue weighted by Gasteiger charge is 2.50. The van der Waals surface area contributed by atoms with Crippen molar-refractivity contribution < 1.29 is 58.9 Å². The lowest BCUT2D eigenvalue weighted by molar-refractivity contribution is -0.160. The van der Waals surface area contributed by atoms with Gasteiger partial charge in [-0.15, -0.1) is 0 Å². The number of esters is 1. The van der Waals surface area contributed by atoms with Crippen LogP contribution in [0.4, 0.5) is 5.69 Å². The molecule has 0 saturated carbocycles. The molecule has 68 heavy (non-hydrogen) atoms. The molecule has 4 aliphatic heterocycles. The molecule has 11 unspecified atom stereocenters. The molecule has 0 spiro atoms. The molecule has 1 saturated heterocycles. The fourth-order valence-corrected chi connectivity index (χ4v) is 9.73. The third kappa shape index (κ3) is 10.2. The molecule has 4 aliphatic rings. The fraction of sp³-hybridized carbons (Fsp3) is 0.500. The third-order valence-electron chi connectivity index (χ3n) is 13.8. The number of carbonyl (C=O) groups is 3. The lowest BCUT2D eigenvalue weighted by Crippen LogP contribution is -2.54. The molecular formula is C52H68N4O12. The van der Waals surface area contributed by atoms with Crippen molar-refractivity contribution in [2.75, 3.05) is 25.5 Å². The molecule has 1 fully saturated rings. The van der Waals surface area contributed by atoms with Gasteiger partial charge in [0, 0.05) is 80.8 Å². The van der Waals surface area contributed by atoms with Crippen molar-refractivity contribution in [1.29, 1.82) is 0 Å². The van der Waals surface area contributed by atoms with Crippen LogP contribution in [0.1, 0.15) is 94.9 Å². The van der Waals surface area contributed by atoms with Gasteiger partial charge >= 0.3 is 11.8 Å². The lowest BCUT2D eigenvalue weighted by Gasteiger charge is -2.42. The van der Waals surface area contributed by atoms with Crippen molar-refractivity contribution in [3.05, 3.63) is 88.2 Å². The number of nitrogens with zero attached hydrogens (tertiary/aromatic N) is 3. The van der Waals surface area contributed by atoms with Gasteiger partial charge < -0.3 is 49.8 Å². The second-order valence-corrected chi connectivity index (χ2v) is 19.1. The Morgan fingerprint density at radius 2 is 1.54 bits per heavy atom. The first-order chi connectivity index (χ1) is 32.0. The normalized spacial score (nSPS) is 31.6. The minimum Gasteiger partial charge on any atom is -0.507 e.